The zero-order valence-electron chi connectivity index (χ0n) is 15.2. The van der Waals surface area contributed by atoms with E-state index in [0.717, 1.165) is 48.7 Å². The summed E-state index contributed by atoms with van der Waals surface area (Å²) in [6, 6.07) is 13.7. The number of para-hydroxylation sites is 2. The minimum Gasteiger partial charge on any atom is -0.506 e. The molecular formula is C21H22FN3O2. The molecule has 0 radical (unpaired) electrons. The molecule has 2 heterocycles. The summed E-state index contributed by atoms with van der Waals surface area (Å²) in [5.74, 6) is 0.749. The highest BCUT2D eigenvalue weighted by atomic mass is 19.1. The van der Waals surface area contributed by atoms with Crippen LogP contribution in [-0.4, -0.2) is 41.3 Å². The van der Waals surface area contributed by atoms with Crippen molar-refractivity contribution in [1.29, 1.82) is 0 Å². The number of phenolic OH excluding ortho intramolecular Hbond substituents is 1. The lowest BCUT2D eigenvalue weighted by Gasteiger charge is -2.36. The van der Waals surface area contributed by atoms with Crippen LogP contribution in [-0.2, 0) is 6.54 Å². The Morgan fingerprint density at radius 3 is 2.44 bits per heavy atom. The Morgan fingerprint density at radius 1 is 1.04 bits per heavy atom. The van der Waals surface area contributed by atoms with Gasteiger partial charge in [-0.3, -0.25) is 4.90 Å². The van der Waals surface area contributed by atoms with Crippen LogP contribution in [0.5, 0.6) is 5.75 Å². The molecule has 0 aliphatic carbocycles. The molecule has 27 heavy (non-hydrogen) atoms. The number of phenols is 1. The van der Waals surface area contributed by atoms with Gasteiger partial charge in [0.25, 0.3) is 0 Å². The molecule has 1 aromatic heterocycles. The summed E-state index contributed by atoms with van der Waals surface area (Å²) in [6.45, 7) is 6.16. The van der Waals surface area contributed by atoms with Crippen molar-refractivity contribution in [1.82, 2.24) is 10.1 Å². The largest absolute Gasteiger partial charge is 0.506 e. The average Bonchev–Trinajstić information content (AvgIpc) is 3.04. The number of benzene rings is 2. The SMILES string of the molecule is Cc1c(CN2CCN(c3ccccc3O)CC2)noc1-c1ccc(F)cc1. The lowest BCUT2D eigenvalue weighted by molar-refractivity contribution is 0.241. The fourth-order valence-corrected chi connectivity index (χ4v) is 3.48. The van der Waals surface area contributed by atoms with Gasteiger partial charge in [-0.2, -0.15) is 0 Å². The predicted molar refractivity (Wildman–Crippen MR) is 102 cm³/mol. The summed E-state index contributed by atoms with van der Waals surface area (Å²) >= 11 is 0. The zero-order valence-corrected chi connectivity index (χ0v) is 15.2. The van der Waals surface area contributed by atoms with Crippen molar-refractivity contribution in [2.75, 3.05) is 31.1 Å². The van der Waals surface area contributed by atoms with Crippen LogP contribution in [0.4, 0.5) is 10.1 Å². The van der Waals surface area contributed by atoms with Crippen molar-refractivity contribution in [2.45, 2.75) is 13.5 Å². The molecule has 0 amide bonds. The smallest absolute Gasteiger partial charge is 0.170 e. The molecule has 0 saturated carbocycles. The van der Waals surface area contributed by atoms with E-state index in [9.17, 15) is 9.50 Å². The quantitative estimate of drug-likeness (QED) is 0.760. The van der Waals surface area contributed by atoms with Crippen molar-refractivity contribution < 1.29 is 14.0 Å². The van der Waals surface area contributed by atoms with Crippen molar-refractivity contribution >= 4 is 5.69 Å². The van der Waals surface area contributed by atoms with E-state index >= 15 is 0 Å². The number of anilines is 1. The Morgan fingerprint density at radius 2 is 1.74 bits per heavy atom. The number of hydrogen-bond donors (Lipinski definition) is 1. The van der Waals surface area contributed by atoms with Gasteiger partial charge < -0.3 is 14.5 Å². The number of aromatic nitrogens is 1. The molecule has 0 atom stereocenters. The summed E-state index contributed by atoms with van der Waals surface area (Å²) in [7, 11) is 0. The molecule has 6 heteroatoms. The number of rotatable bonds is 4. The van der Waals surface area contributed by atoms with Crippen LogP contribution in [0.25, 0.3) is 11.3 Å². The van der Waals surface area contributed by atoms with Gasteiger partial charge in [-0.25, -0.2) is 4.39 Å². The first-order chi connectivity index (χ1) is 13.1. The Hall–Kier alpha value is -2.86. The molecule has 3 aromatic rings. The van der Waals surface area contributed by atoms with Gasteiger partial charge >= 0.3 is 0 Å². The maximum Gasteiger partial charge on any atom is 0.170 e. The third-order valence-corrected chi connectivity index (χ3v) is 5.10. The fourth-order valence-electron chi connectivity index (χ4n) is 3.48. The molecule has 0 spiro atoms. The van der Waals surface area contributed by atoms with Gasteiger partial charge in [-0.15, -0.1) is 0 Å². The molecule has 1 N–H and O–H groups in total. The summed E-state index contributed by atoms with van der Waals surface area (Å²) in [5.41, 5.74) is 3.61. The molecule has 1 fully saturated rings. The van der Waals surface area contributed by atoms with E-state index < -0.39 is 0 Å². The van der Waals surface area contributed by atoms with Gasteiger partial charge in [-0.05, 0) is 43.3 Å². The Labute approximate surface area is 157 Å². The van der Waals surface area contributed by atoms with Gasteiger partial charge in [0.2, 0.25) is 0 Å². The van der Waals surface area contributed by atoms with Crippen molar-refractivity contribution in [3.8, 4) is 17.1 Å². The molecule has 140 valence electrons. The van der Waals surface area contributed by atoms with Crippen molar-refractivity contribution in [3.63, 3.8) is 0 Å². The second-order valence-corrected chi connectivity index (χ2v) is 6.84. The highest BCUT2D eigenvalue weighted by Gasteiger charge is 2.22. The van der Waals surface area contributed by atoms with E-state index in [1.807, 2.05) is 25.1 Å². The fraction of sp³-hybridized carbons (Fsp3) is 0.286. The van der Waals surface area contributed by atoms with Gasteiger partial charge in [0.15, 0.2) is 5.76 Å². The maximum absolute atomic E-state index is 13.1. The van der Waals surface area contributed by atoms with Crippen LogP contribution < -0.4 is 4.90 Å². The van der Waals surface area contributed by atoms with E-state index in [2.05, 4.69) is 15.0 Å². The summed E-state index contributed by atoms with van der Waals surface area (Å²) in [5, 5.41) is 14.3. The van der Waals surface area contributed by atoms with Crippen LogP contribution >= 0.6 is 0 Å². The highest BCUT2D eigenvalue weighted by molar-refractivity contribution is 5.61. The monoisotopic (exact) mass is 367 g/mol. The molecule has 0 bridgehead atoms. The van der Waals surface area contributed by atoms with Crippen LogP contribution in [0, 0.1) is 12.7 Å². The second-order valence-electron chi connectivity index (χ2n) is 6.84. The minimum atomic E-state index is -0.265. The van der Waals surface area contributed by atoms with Gasteiger partial charge in [0.05, 0.1) is 5.69 Å². The van der Waals surface area contributed by atoms with Gasteiger partial charge in [0.1, 0.15) is 17.3 Å². The molecule has 5 nitrogen and oxygen atoms in total. The molecule has 1 aliphatic rings. The average molecular weight is 367 g/mol. The maximum atomic E-state index is 13.1. The zero-order chi connectivity index (χ0) is 18.8. The molecule has 4 rings (SSSR count). The number of aromatic hydroxyl groups is 1. The van der Waals surface area contributed by atoms with E-state index in [0.29, 0.717) is 18.1 Å². The molecule has 1 aliphatic heterocycles. The highest BCUT2D eigenvalue weighted by Crippen LogP contribution is 2.29. The topological polar surface area (TPSA) is 52.7 Å². The van der Waals surface area contributed by atoms with Gasteiger partial charge in [0, 0.05) is 43.9 Å². The van der Waals surface area contributed by atoms with Crippen LogP contribution in [0.15, 0.2) is 53.1 Å². The van der Waals surface area contributed by atoms with Crippen LogP contribution in [0.2, 0.25) is 0 Å². The summed E-state index contributed by atoms with van der Waals surface area (Å²) in [4.78, 5) is 4.53. The van der Waals surface area contributed by atoms with E-state index in [1.54, 1.807) is 18.2 Å². The third-order valence-electron chi connectivity index (χ3n) is 5.10. The Balaban J connectivity index is 1.41. The third kappa shape index (κ3) is 3.66. The normalized spacial score (nSPS) is 15.3. The second kappa shape index (κ2) is 7.40. The van der Waals surface area contributed by atoms with Crippen LogP contribution in [0.3, 0.4) is 0 Å². The molecule has 0 unspecified atom stereocenters. The molecule has 1 saturated heterocycles. The predicted octanol–water partition coefficient (Wildman–Crippen LogP) is 3.82. The van der Waals surface area contributed by atoms with E-state index in [4.69, 9.17) is 4.52 Å². The number of halogens is 1. The summed E-state index contributed by atoms with van der Waals surface area (Å²) in [6.07, 6.45) is 0. The standard InChI is InChI=1S/C21H22FN3O2/c1-15-18(23-27-21(15)16-6-8-17(22)9-7-16)14-24-10-12-25(13-11-24)19-4-2-3-5-20(19)26/h2-9,26H,10-14H2,1H3. The Bertz CT molecular complexity index is 915. The first-order valence-corrected chi connectivity index (χ1v) is 9.08. The Kier molecular flexibility index (Phi) is 4.81. The van der Waals surface area contributed by atoms with Crippen LogP contribution in [0.1, 0.15) is 11.3 Å². The van der Waals surface area contributed by atoms with Crippen molar-refractivity contribution in [2.24, 2.45) is 0 Å². The first kappa shape index (κ1) is 17.5. The minimum absolute atomic E-state index is 0.265. The summed E-state index contributed by atoms with van der Waals surface area (Å²) < 4.78 is 18.7. The van der Waals surface area contributed by atoms with E-state index in [1.165, 1.54) is 12.1 Å². The number of nitrogens with zero attached hydrogens (tertiary/aromatic N) is 3. The number of hydrogen-bond acceptors (Lipinski definition) is 5. The lowest BCUT2D eigenvalue weighted by Crippen LogP contribution is -2.46. The number of piperazine rings is 1. The molecular weight excluding hydrogens is 345 g/mol. The molecule has 2 aromatic carbocycles. The lowest BCUT2D eigenvalue weighted by atomic mass is 10.1. The first-order valence-electron chi connectivity index (χ1n) is 9.08. The van der Waals surface area contributed by atoms with E-state index in [-0.39, 0.29) is 5.82 Å². The van der Waals surface area contributed by atoms with Gasteiger partial charge in [-0.1, -0.05) is 17.3 Å². The van der Waals surface area contributed by atoms with Crippen molar-refractivity contribution in [3.05, 3.63) is 65.6 Å².